The Labute approximate surface area is 121 Å². The second kappa shape index (κ2) is 10.4. The molecule has 3 N–H and O–H groups in total. The van der Waals surface area contributed by atoms with Crippen LogP contribution in [0.15, 0.2) is 30.3 Å². The van der Waals surface area contributed by atoms with E-state index in [4.69, 9.17) is 10.5 Å². The molecule has 1 amide bonds. The lowest BCUT2D eigenvalue weighted by molar-refractivity contribution is -0.122. The molecule has 0 aliphatic rings. The molecule has 0 aliphatic carbocycles. The zero-order valence-electron chi connectivity index (χ0n) is 12.3. The van der Waals surface area contributed by atoms with Gasteiger partial charge < -0.3 is 15.8 Å². The monoisotopic (exact) mass is 278 g/mol. The maximum atomic E-state index is 11.8. The molecular formula is C16H26N2O2. The standard InChI is InChI=1S/C16H26N2O2/c1-20-13-7-3-6-12-18-16(19)15(17)11-10-14-8-4-2-5-9-14/h2,4-5,8-9,15H,3,6-7,10-13,17H2,1H3,(H,18,19). The molecule has 1 unspecified atom stereocenters. The van der Waals surface area contributed by atoms with Gasteiger partial charge in [-0.25, -0.2) is 0 Å². The number of unbranched alkanes of at least 4 members (excludes halogenated alkanes) is 2. The summed E-state index contributed by atoms with van der Waals surface area (Å²) in [6.45, 7) is 1.48. The Balaban J connectivity index is 2.10. The van der Waals surface area contributed by atoms with Crippen LogP contribution in [-0.4, -0.2) is 32.2 Å². The van der Waals surface area contributed by atoms with E-state index < -0.39 is 6.04 Å². The molecule has 0 saturated carbocycles. The molecule has 1 aromatic rings. The summed E-state index contributed by atoms with van der Waals surface area (Å²) in [6, 6.07) is 9.68. The van der Waals surface area contributed by atoms with Gasteiger partial charge in [0.2, 0.25) is 5.91 Å². The zero-order valence-corrected chi connectivity index (χ0v) is 12.3. The third-order valence-electron chi connectivity index (χ3n) is 3.25. The molecule has 1 aromatic carbocycles. The maximum Gasteiger partial charge on any atom is 0.236 e. The topological polar surface area (TPSA) is 64.3 Å². The van der Waals surface area contributed by atoms with Crippen molar-refractivity contribution in [2.24, 2.45) is 5.73 Å². The quantitative estimate of drug-likeness (QED) is 0.642. The van der Waals surface area contributed by atoms with Gasteiger partial charge in [-0.1, -0.05) is 30.3 Å². The third kappa shape index (κ3) is 7.26. The average molecular weight is 278 g/mol. The summed E-state index contributed by atoms with van der Waals surface area (Å²) in [5.74, 6) is -0.0485. The first-order valence-corrected chi connectivity index (χ1v) is 7.30. The maximum absolute atomic E-state index is 11.8. The summed E-state index contributed by atoms with van der Waals surface area (Å²) in [4.78, 5) is 11.8. The van der Waals surface area contributed by atoms with Crippen LogP contribution in [0.4, 0.5) is 0 Å². The SMILES string of the molecule is COCCCCCNC(=O)C(N)CCc1ccccc1. The van der Waals surface area contributed by atoms with Crippen LogP contribution in [0.1, 0.15) is 31.2 Å². The van der Waals surface area contributed by atoms with Gasteiger partial charge in [0.15, 0.2) is 0 Å². The van der Waals surface area contributed by atoms with E-state index in [1.54, 1.807) is 7.11 Å². The molecule has 4 nitrogen and oxygen atoms in total. The van der Waals surface area contributed by atoms with Gasteiger partial charge in [0.05, 0.1) is 6.04 Å². The van der Waals surface area contributed by atoms with E-state index in [-0.39, 0.29) is 5.91 Å². The summed E-state index contributed by atoms with van der Waals surface area (Å²) in [6.07, 6.45) is 4.59. The highest BCUT2D eigenvalue weighted by molar-refractivity contribution is 5.81. The van der Waals surface area contributed by atoms with Gasteiger partial charge in [0, 0.05) is 20.3 Å². The third-order valence-corrected chi connectivity index (χ3v) is 3.25. The van der Waals surface area contributed by atoms with Crippen molar-refractivity contribution in [3.63, 3.8) is 0 Å². The fourth-order valence-electron chi connectivity index (χ4n) is 1.99. The number of nitrogens with one attached hydrogen (secondary N) is 1. The molecule has 20 heavy (non-hydrogen) atoms. The molecular weight excluding hydrogens is 252 g/mol. The molecule has 1 rings (SSSR count). The Kier molecular flexibility index (Phi) is 8.67. The van der Waals surface area contributed by atoms with Gasteiger partial charge in [-0.3, -0.25) is 4.79 Å². The Hall–Kier alpha value is -1.39. The smallest absolute Gasteiger partial charge is 0.236 e. The van der Waals surface area contributed by atoms with E-state index >= 15 is 0 Å². The minimum absolute atomic E-state index is 0.0485. The summed E-state index contributed by atoms with van der Waals surface area (Å²) >= 11 is 0. The fraction of sp³-hybridized carbons (Fsp3) is 0.562. The number of methoxy groups -OCH3 is 1. The van der Waals surface area contributed by atoms with Crippen LogP contribution in [0.5, 0.6) is 0 Å². The van der Waals surface area contributed by atoms with Gasteiger partial charge in [-0.2, -0.15) is 0 Å². The lowest BCUT2D eigenvalue weighted by Gasteiger charge is -2.12. The van der Waals surface area contributed by atoms with Crippen molar-refractivity contribution in [2.75, 3.05) is 20.3 Å². The number of carbonyl (C=O) groups is 1. The lowest BCUT2D eigenvalue weighted by atomic mass is 10.1. The summed E-state index contributed by atoms with van der Waals surface area (Å²) in [5.41, 5.74) is 7.11. The fourth-order valence-corrected chi connectivity index (χ4v) is 1.99. The summed E-state index contributed by atoms with van der Waals surface area (Å²) in [5, 5.41) is 2.89. The predicted molar refractivity (Wildman–Crippen MR) is 81.5 cm³/mol. The molecule has 0 fully saturated rings. The van der Waals surface area contributed by atoms with Crippen molar-refractivity contribution >= 4 is 5.91 Å². The number of ether oxygens (including phenoxy) is 1. The highest BCUT2D eigenvalue weighted by Gasteiger charge is 2.12. The lowest BCUT2D eigenvalue weighted by Crippen LogP contribution is -2.41. The van der Waals surface area contributed by atoms with Gasteiger partial charge in [-0.15, -0.1) is 0 Å². The normalized spacial score (nSPS) is 12.1. The number of carbonyl (C=O) groups excluding carboxylic acids is 1. The Morgan fingerprint density at radius 2 is 2.00 bits per heavy atom. The van der Waals surface area contributed by atoms with Crippen molar-refractivity contribution in [1.29, 1.82) is 0 Å². The van der Waals surface area contributed by atoms with Crippen molar-refractivity contribution in [1.82, 2.24) is 5.32 Å². The van der Waals surface area contributed by atoms with E-state index in [1.807, 2.05) is 18.2 Å². The largest absolute Gasteiger partial charge is 0.385 e. The Morgan fingerprint density at radius 3 is 2.70 bits per heavy atom. The van der Waals surface area contributed by atoms with Crippen LogP contribution in [0.2, 0.25) is 0 Å². The van der Waals surface area contributed by atoms with Gasteiger partial charge in [0.1, 0.15) is 0 Å². The minimum Gasteiger partial charge on any atom is -0.385 e. The molecule has 0 aromatic heterocycles. The number of amides is 1. The number of benzene rings is 1. The van der Waals surface area contributed by atoms with Crippen LogP contribution in [0, 0.1) is 0 Å². The van der Waals surface area contributed by atoms with E-state index in [0.29, 0.717) is 13.0 Å². The minimum atomic E-state index is -0.422. The molecule has 0 aliphatic heterocycles. The van der Waals surface area contributed by atoms with E-state index in [9.17, 15) is 4.79 Å². The Bertz CT molecular complexity index is 368. The van der Waals surface area contributed by atoms with Gasteiger partial charge in [0.25, 0.3) is 0 Å². The van der Waals surface area contributed by atoms with E-state index in [1.165, 1.54) is 5.56 Å². The van der Waals surface area contributed by atoms with Crippen molar-refractivity contribution < 1.29 is 9.53 Å². The molecule has 0 heterocycles. The van der Waals surface area contributed by atoms with Crippen LogP contribution < -0.4 is 11.1 Å². The highest BCUT2D eigenvalue weighted by Crippen LogP contribution is 2.04. The number of rotatable bonds is 10. The number of aryl methyl sites for hydroxylation is 1. The second-order valence-corrected chi connectivity index (χ2v) is 4.98. The summed E-state index contributed by atoms with van der Waals surface area (Å²) < 4.78 is 4.97. The Morgan fingerprint density at radius 1 is 1.25 bits per heavy atom. The number of hydrogen-bond donors (Lipinski definition) is 2. The molecule has 0 spiro atoms. The van der Waals surface area contributed by atoms with Crippen LogP contribution in [0.25, 0.3) is 0 Å². The molecule has 112 valence electrons. The molecule has 0 bridgehead atoms. The van der Waals surface area contributed by atoms with Crippen LogP contribution in [-0.2, 0) is 16.0 Å². The summed E-state index contributed by atoms with van der Waals surface area (Å²) in [7, 11) is 1.70. The van der Waals surface area contributed by atoms with Gasteiger partial charge in [-0.05, 0) is 37.7 Å². The highest BCUT2D eigenvalue weighted by atomic mass is 16.5. The van der Waals surface area contributed by atoms with Crippen LogP contribution >= 0.6 is 0 Å². The van der Waals surface area contributed by atoms with E-state index in [0.717, 1.165) is 32.3 Å². The first-order valence-electron chi connectivity index (χ1n) is 7.30. The van der Waals surface area contributed by atoms with Crippen LogP contribution in [0.3, 0.4) is 0 Å². The zero-order chi connectivity index (χ0) is 14.6. The molecule has 0 radical (unpaired) electrons. The van der Waals surface area contributed by atoms with E-state index in [2.05, 4.69) is 17.4 Å². The van der Waals surface area contributed by atoms with Crippen molar-refractivity contribution in [3.8, 4) is 0 Å². The first-order chi connectivity index (χ1) is 9.74. The number of hydrogen-bond acceptors (Lipinski definition) is 3. The number of nitrogens with two attached hydrogens (primary N) is 1. The average Bonchev–Trinajstić information content (AvgIpc) is 2.49. The molecule has 4 heteroatoms. The second-order valence-electron chi connectivity index (χ2n) is 4.98. The van der Waals surface area contributed by atoms with Crippen molar-refractivity contribution in [3.05, 3.63) is 35.9 Å². The predicted octanol–water partition coefficient (Wildman–Crippen LogP) is 1.88. The molecule has 1 atom stereocenters. The van der Waals surface area contributed by atoms with Crippen molar-refractivity contribution in [2.45, 2.75) is 38.1 Å². The molecule has 0 saturated heterocycles. The van der Waals surface area contributed by atoms with Gasteiger partial charge >= 0.3 is 0 Å². The first kappa shape index (κ1) is 16.7.